The van der Waals surface area contributed by atoms with Crippen LogP contribution in [0, 0.1) is 17.8 Å². The van der Waals surface area contributed by atoms with Crippen molar-refractivity contribution in [2.24, 2.45) is 17.8 Å². The average molecular weight is 722 g/mol. The predicted molar refractivity (Wildman–Crippen MR) is 180 cm³/mol. The zero-order chi connectivity index (χ0) is 36.2. The Balaban J connectivity index is 1.42. The van der Waals surface area contributed by atoms with E-state index in [1.54, 1.807) is 57.0 Å². The molecular formula is C34H43F3N5O7P. The highest BCUT2D eigenvalue weighted by Gasteiger charge is 2.42. The number of carboxylic acid groups (broad SMARTS) is 1. The maximum absolute atomic E-state index is 14.3. The number of carbonyl (C=O) groups excluding carboxylic acids is 1. The van der Waals surface area contributed by atoms with Crippen molar-refractivity contribution in [3.8, 4) is 5.75 Å². The van der Waals surface area contributed by atoms with Gasteiger partial charge in [0.15, 0.2) is 0 Å². The molecular weight excluding hydrogens is 678 g/mol. The number of ether oxygens (including phenoxy) is 1. The van der Waals surface area contributed by atoms with E-state index in [2.05, 4.69) is 20.6 Å². The third-order valence-corrected chi connectivity index (χ3v) is 11.3. The van der Waals surface area contributed by atoms with Crippen LogP contribution in [0.5, 0.6) is 5.75 Å². The Bertz CT molecular complexity index is 1700. The first kappa shape index (κ1) is 37.3. The third kappa shape index (κ3) is 8.33. The summed E-state index contributed by atoms with van der Waals surface area (Å²) in [6.45, 7) is 6.22. The molecule has 1 atom stereocenters. The highest BCUT2D eigenvalue weighted by atomic mass is 31.2. The topological polar surface area (TPSA) is 152 Å². The lowest BCUT2D eigenvalue weighted by molar-refractivity contribution is -0.143. The zero-order valence-corrected chi connectivity index (χ0v) is 29.4. The number of nitrogens with one attached hydrogen (secondary N) is 2. The van der Waals surface area contributed by atoms with Gasteiger partial charge in [0.1, 0.15) is 17.1 Å². The number of hydrogen-bond donors (Lipinski definition) is 3. The van der Waals surface area contributed by atoms with E-state index in [1.165, 1.54) is 0 Å². The minimum atomic E-state index is -4.80. The summed E-state index contributed by atoms with van der Waals surface area (Å²) in [5.74, 6) is -1.68. The summed E-state index contributed by atoms with van der Waals surface area (Å²) in [5, 5.41) is 15.2. The van der Waals surface area contributed by atoms with Crippen LogP contribution < -0.4 is 15.4 Å². The van der Waals surface area contributed by atoms with Crippen LogP contribution in [0.4, 0.5) is 30.6 Å². The van der Waals surface area contributed by atoms with Gasteiger partial charge in [-0.1, -0.05) is 12.1 Å². The van der Waals surface area contributed by atoms with Crippen LogP contribution in [0.15, 0.2) is 47.3 Å². The molecule has 1 saturated carbocycles. The van der Waals surface area contributed by atoms with Crippen molar-refractivity contribution in [2.45, 2.75) is 65.2 Å². The lowest BCUT2D eigenvalue weighted by Gasteiger charge is -2.35. The number of allylic oxidation sites excluding steroid dienone is 1. The van der Waals surface area contributed by atoms with Crippen LogP contribution >= 0.6 is 7.60 Å². The number of alkyl halides is 3. The lowest BCUT2D eigenvalue weighted by atomic mass is 9.70. The van der Waals surface area contributed by atoms with E-state index in [0.717, 1.165) is 5.57 Å². The quantitative estimate of drug-likeness (QED) is 0.168. The van der Waals surface area contributed by atoms with Gasteiger partial charge in [0.05, 0.1) is 43.2 Å². The highest BCUT2D eigenvalue weighted by molar-refractivity contribution is 7.53. The van der Waals surface area contributed by atoms with Crippen LogP contribution in [0.3, 0.4) is 0 Å². The first-order chi connectivity index (χ1) is 23.8. The van der Waals surface area contributed by atoms with E-state index < -0.39 is 31.1 Å². The van der Waals surface area contributed by atoms with Crippen LogP contribution in [-0.2, 0) is 35.5 Å². The number of halogens is 3. The molecule has 0 bridgehead atoms. The number of carboxylic acids is 1. The second-order valence-corrected chi connectivity index (χ2v) is 14.6. The Hall–Kier alpha value is -3.94. The van der Waals surface area contributed by atoms with Gasteiger partial charge in [0, 0.05) is 25.5 Å². The summed E-state index contributed by atoms with van der Waals surface area (Å²) < 4.78 is 72.5. The van der Waals surface area contributed by atoms with Gasteiger partial charge in [0.25, 0.3) is 5.91 Å². The van der Waals surface area contributed by atoms with E-state index in [0.29, 0.717) is 67.4 Å². The van der Waals surface area contributed by atoms with Crippen molar-refractivity contribution in [3.05, 3.63) is 58.4 Å². The molecule has 0 radical (unpaired) electrons. The van der Waals surface area contributed by atoms with E-state index in [1.807, 2.05) is 0 Å². The molecule has 1 unspecified atom stereocenters. The van der Waals surface area contributed by atoms with Gasteiger partial charge in [0.2, 0.25) is 5.95 Å². The molecule has 12 nitrogen and oxygen atoms in total. The Kier molecular flexibility index (Phi) is 11.6. The number of amides is 1. The van der Waals surface area contributed by atoms with Gasteiger partial charge in [-0.25, -0.2) is 4.98 Å². The van der Waals surface area contributed by atoms with E-state index in [-0.39, 0.29) is 61.3 Å². The zero-order valence-electron chi connectivity index (χ0n) is 28.5. The van der Waals surface area contributed by atoms with Crippen LogP contribution in [-0.4, -0.2) is 65.3 Å². The predicted octanol–water partition coefficient (Wildman–Crippen LogP) is 7.38. The average Bonchev–Trinajstić information content (AvgIpc) is 3.36. The molecule has 2 heterocycles. The minimum Gasteiger partial charge on any atom is -0.492 e. The molecule has 50 heavy (non-hydrogen) atoms. The number of nitrogens with zero attached hydrogens (tertiary/aromatic N) is 3. The standard InChI is InChI=1S/C34H43F3N5O7P/c1-5-47-28-16-20(19-50(46,48-6-2)49-7-3)8-14-26(28)40-33-38-17-25(34(35,36)37)30(41-33)39-27-15-13-23(24-18-42(4)31(43)29(24)27)21-9-11-22(12-10-21)32(44)45/h8,14-17,21-23H,5-7,9-13,18-19H2,1-4H3,(H,44,45)(H2,38,39,40,41). The maximum atomic E-state index is 14.3. The molecule has 1 aromatic heterocycles. The Morgan fingerprint density at radius 3 is 2.40 bits per heavy atom. The summed E-state index contributed by atoms with van der Waals surface area (Å²) in [6, 6.07) is 4.94. The molecule has 2 aliphatic carbocycles. The fourth-order valence-electron chi connectivity index (χ4n) is 6.96. The summed E-state index contributed by atoms with van der Waals surface area (Å²) in [4.78, 5) is 34.6. The van der Waals surface area contributed by atoms with E-state index >= 15 is 0 Å². The van der Waals surface area contributed by atoms with Crippen LogP contribution in [0.25, 0.3) is 0 Å². The third-order valence-electron chi connectivity index (χ3n) is 9.24. The summed E-state index contributed by atoms with van der Waals surface area (Å²) in [5.41, 5.74) is 1.28. The lowest BCUT2D eigenvalue weighted by Crippen LogP contribution is -2.29. The summed E-state index contributed by atoms with van der Waals surface area (Å²) in [6.07, 6.45) is 0.618. The number of likely N-dealkylation sites (N-methyl/N-ethyl adjacent to an activating group) is 1. The first-order valence-electron chi connectivity index (χ1n) is 16.8. The number of aliphatic carboxylic acids is 1. The van der Waals surface area contributed by atoms with Crippen LogP contribution in [0.1, 0.15) is 64.0 Å². The molecule has 1 fully saturated rings. The van der Waals surface area contributed by atoms with Gasteiger partial charge in [-0.15, -0.1) is 0 Å². The second kappa shape index (κ2) is 15.5. The number of benzene rings is 1. The Morgan fingerprint density at radius 1 is 1.08 bits per heavy atom. The van der Waals surface area contributed by atoms with Crippen molar-refractivity contribution in [1.29, 1.82) is 0 Å². The van der Waals surface area contributed by atoms with Gasteiger partial charge < -0.3 is 34.4 Å². The number of rotatable bonds is 14. The molecule has 3 N–H and O–H groups in total. The molecule has 1 aromatic carbocycles. The smallest absolute Gasteiger partial charge is 0.421 e. The van der Waals surface area contributed by atoms with Crippen molar-refractivity contribution in [1.82, 2.24) is 14.9 Å². The van der Waals surface area contributed by atoms with E-state index in [9.17, 15) is 32.4 Å². The van der Waals surface area contributed by atoms with Crippen molar-refractivity contribution >= 4 is 36.9 Å². The summed E-state index contributed by atoms with van der Waals surface area (Å²) >= 11 is 0. The number of carbonyl (C=O) groups is 2. The Morgan fingerprint density at radius 2 is 1.78 bits per heavy atom. The van der Waals surface area contributed by atoms with E-state index in [4.69, 9.17) is 13.8 Å². The molecule has 3 aliphatic rings. The fourth-order valence-corrected chi connectivity index (χ4v) is 8.64. The molecule has 0 saturated heterocycles. The first-order valence-corrected chi connectivity index (χ1v) is 18.5. The minimum absolute atomic E-state index is 0.00873. The van der Waals surface area contributed by atoms with Gasteiger partial charge in [-0.05, 0) is 88.0 Å². The van der Waals surface area contributed by atoms with Crippen molar-refractivity contribution in [2.75, 3.05) is 44.0 Å². The molecule has 1 amide bonds. The molecule has 5 rings (SSSR count). The Labute approximate surface area is 289 Å². The van der Waals surface area contributed by atoms with Crippen molar-refractivity contribution in [3.63, 3.8) is 0 Å². The molecule has 272 valence electrons. The molecule has 1 aliphatic heterocycles. The number of aromatic nitrogens is 2. The largest absolute Gasteiger partial charge is 0.492 e. The van der Waals surface area contributed by atoms with Crippen LogP contribution in [0.2, 0.25) is 0 Å². The second-order valence-electron chi connectivity index (χ2n) is 12.5. The summed E-state index contributed by atoms with van der Waals surface area (Å²) in [7, 11) is -1.76. The number of anilines is 3. The normalized spacial score (nSPS) is 21.2. The van der Waals surface area contributed by atoms with Gasteiger partial charge >= 0.3 is 19.7 Å². The SMILES string of the molecule is CCOc1cc(CP(=O)(OCC)OCC)ccc1Nc1ncc(C(F)(F)F)c(NC2=CCC(C3CCC(C(=O)O)CC3)C3=C2C(=O)N(C)C3)n1. The molecule has 0 spiro atoms. The van der Waals surface area contributed by atoms with Crippen molar-refractivity contribution < 1.29 is 46.2 Å². The number of hydrogen-bond acceptors (Lipinski definition) is 10. The van der Waals surface area contributed by atoms with Gasteiger partial charge in [-0.2, -0.15) is 18.2 Å². The molecule has 16 heteroatoms. The molecule has 2 aromatic rings. The fraction of sp³-hybridized carbons (Fsp3) is 0.529. The highest BCUT2D eigenvalue weighted by Crippen LogP contribution is 2.52. The van der Waals surface area contributed by atoms with Gasteiger partial charge in [-0.3, -0.25) is 14.2 Å². The maximum Gasteiger partial charge on any atom is 0.421 e. The monoisotopic (exact) mass is 721 g/mol.